The van der Waals surface area contributed by atoms with Crippen LogP contribution in [0.2, 0.25) is 0 Å². The first kappa shape index (κ1) is 35.5. The molecule has 3 aromatic heterocycles. The maximum absolute atomic E-state index is 6.92. The third kappa shape index (κ3) is 6.06. The summed E-state index contributed by atoms with van der Waals surface area (Å²) in [6, 6.07) is 73.2. The van der Waals surface area contributed by atoms with Gasteiger partial charge in [-0.3, -0.25) is 0 Å². The van der Waals surface area contributed by atoms with Gasteiger partial charge in [-0.25, -0.2) is 15.0 Å². The van der Waals surface area contributed by atoms with E-state index in [2.05, 4.69) is 176 Å². The first-order valence-corrected chi connectivity index (χ1v) is 20.8. The van der Waals surface area contributed by atoms with Crippen LogP contribution < -0.4 is 0 Å². The third-order valence-corrected chi connectivity index (χ3v) is 11.7. The van der Waals surface area contributed by atoms with Crippen molar-refractivity contribution in [3.8, 4) is 78.7 Å². The quantitative estimate of drug-likeness (QED) is 0.161. The lowest BCUT2D eigenvalue weighted by Crippen LogP contribution is -2.01. The van der Waals surface area contributed by atoms with Crippen LogP contribution in [-0.2, 0) is 0 Å². The van der Waals surface area contributed by atoms with Crippen molar-refractivity contribution < 1.29 is 8.83 Å². The molecule has 0 aliphatic heterocycles. The van der Waals surface area contributed by atoms with E-state index in [0.717, 1.165) is 93.9 Å². The van der Waals surface area contributed by atoms with Crippen LogP contribution in [0.3, 0.4) is 0 Å². The van der Waals surface area contributed by atoms with Gasteiger partial charge in [-0.2, -0.15) is 0 Å². The summed E-state index contributed by atoms with van der Waals surface area (Å²) in [6.45, 7) is 0. The Morgan fingerprint density at radius 3 is 0.919 bits per heavy atom. The van der Waals surface area contributed by atoms with Crippen molar-refractivity contribution in [1.29, 1.82) is 0 Å². The summed E-state index contributed by atoms with van der Waals surface area (Å²) in [5.41, 5.74) is 14.0. The van der Waals surface area contributed by atoms with Gasteiger partial charge in [0, 0.05) is 38.2 Å². The fraction of sp³-hybridized carbons (Fsp3) is 0. The topological polar surface area (TPSA) is 65.0 Å². The van der Waals surface area contributed by atoms with Gasteiger partial charge in [0.2, 0.25) is 0 Å². The van der Waals surface area contributed by atoms with E-state index in [0.29, 0.717) is 28.6 Å². The Balaban J connectivity index is 1.12. The molecule has 0 fully saturated rings. The molecule has 0 bridgehead atoms. The zero-order valence-corrected chi connectivity index (χ0v) is 33.4. The molecule has 9 aromatic carbocycles. The molecular formula is C57H35N3O2. The number of furan rings is 2. The van der Waals surface area contributed by atoms with Crippen molar-refractivity contribution in [2.75, 3.05) is 0 Å². The van der Waals surface area contributed by atoms with Crippen LogP contribution >= 0.6 is 0 Å². The third-order valence-electron chi connectivity index (χ3n) is 11.7. The van der Waals surface area contributed by atoms with Crippen LogP contribution in [0, 0.1) is 0 Å². The van der Waals surface area contributed by atoms with E-state index in [9.17, 15) is 0 Å². The first-order chi connectivity index (χ1) is 30.7. The van der Waals surface area contributed by atoms with E-state index in [-0.39, 0.29) is 0 Å². The van der Waals surface area contributed by atoms with Gasteiger partial charge in [0.1, 0.15) is 22.3 Å². The fourth-order valence-corrected chi connectivity index (χ4v) is 8.78. The summed E-state index contributed by atoms with van der Waals surface area (Å²) >= 11 is 0. The number of aromatic nitrogens is 3. The molecule has 12 aromatic rings. The summed E-state index contributed by atoms with van der Waals surface area (Å²) in [7, 11) is 0. The molecule has 0 atom stereocenters. The van der Waals surface area contributed by atoms with E-state index in [1.54, 1.807) is 0 Å². The summed E-state index contributed by atoms with van der Waals surface area (Å²) in [5, 5.41) is 4.04. The normalized spacial score (nSPS) is 11.5. The lowest BCUT2D eigenvalue weighted by molar-refractivity contribution is 0.670. The maximum atomic E-state index is 6.92. The Morgan fingerprint density at radius 1 is 0.226 bits per heavy atom. The number of hydrogen-bond acceptors (Lipinski definition) is 5. The van der Waals surface area contributed by atoms with Gasteiger partial charge >= 0.3 is 0 Å². The molecule has 62 heavy (non-hydrogen) atoms. The second kappa shape index (κ2) is 14.7. The number of nitrogens with zero attached hydrogens (tertiary/aromatic N) is 3. The molecule has 0 saturated carbocycles. The molecular weight excluding hydrogens is 759 g/mol. The van der Waals surface area contributed by atoms with Gasteiger partial charge in [0.05, 0.1) is 11.1 Å². The number of para-hydroxylation sites is 4. The molecule has 0 aliphatic carbocycles. The molecule has 0 amide bonds. The fourth-order valence-electron chi connectivity index (χ4n) is 8.78. The Kier molecular flexibility index (Phi) is 8.42. The maximum Gasteiger partial charge on any atom is 0.167 e. The van der Waals surface area contributed by atoms with Gasteiger partial charge in [-0.15, -0.1) is 0 Å². The van der Waals surface area contributed by atoms with Gasteiger partial charge in [-0.1, -0.05) is 182 Å². The minimum atomic E-state index is 0.500. The average Bonchev–Trinajstić information content (AvgIpc) is 3.94. The van der Waals surface area contributed by atoms with Crippen LogP contribution in [0.25, 0.3) is 123 Å². The van der Waals surface area contributed by atoms with Crippen molar-refractivity contribution in [1.82, 2.24) is 15.0 Å². The number of rotatable bonds is 7. The summed E-state index contributed by atoms with van der Waals surface area (Å²) in [4.78, 5) is 16.0. The van der Waals surface area contributed by atoms with Crippen LogP contribution in [0.1, 0.15) is 0 Å². The van der Waals surface area contributed by atoms with E-state index < -0.39 is 0 Å². The van der Waals surface area contributed by atoms with Crippen molar-refractivity contribution in [3.63, 3.8) is 0 Å². The molecule has 5 nitrogen and oxygen atoms in total. The number of fused-ring (bicyclic) bond motifs is 6. The molecule has 5 heteroatoms. The largest absolute Gasteiger partial charge is 0.455 e. The first-order valence-electron chi connectivity index (χ1n) is 20.8. The zero-order valence-electron chi connectivity index (χ0n) is 33.4. The summed E-state index contributed by atoms with van der Waals surface area (Å²) in [5.74, 6) is 1.54. The Labute approximate surface area is 357 Å². The highest BCUT2D eigenvalue weighted by molar-refractivity contribution is 6.14. The predicted octanol–water partition coefficient (Wildman–Crippen LogP) is 15.3. The Morgan fingerprint density at radius 2 is 0.532 bits per heavy atom. The van der Waals surface area contributed by atoms with E-state index in [1.165, 1.54) is 0 Å². The average molecular weight is 794 g/mol. The van der Waals surface area contributed by atoms with Gasteiger partial charge < -0.3 is 8.83 Å². The second-order valence-electron chi connectivity index (χ2n) is 15.5. The highest BCUT2D eigenvalue weighted by Gasteiger charge is 2.22. The van der Waals surface area contributed by atoms with Crippen LogP contribution in [0.15, 0.2) is 221 Å². The molecule has 3 heterocycles. The van der Waals surface area contributed by atoms with Gasteiger partial charge in [-0.05, 0) is 63.7 Å². The van der Waals surface area contributed by atoms with Crippen molar-refractivity contribution >= 4 is 43.9 Å². The highest BCUT2D eigenvalue weighted by atomic mass is 16.3. The van der Waals surface area contributed by atoms with E-state index in [4.69, 9.17) is 23.8 Å². The molecule has 0 aliphatic rings. The number of benzene rings is 9. The lowest BCUT2D eigenvalue weighted by Gasteiger charge is -2.12. The molecule has 0 N–H and O–H groups in total. The zero-order chi connectivity index (χ0) is 41.0. The van der Waals surface area contributed by atoms with Crippen molar-refractivity contribution in [2.45, 2.75) is 0 Å². The summed E-state index contributed by atoms with van der Waals surface area (Å²) < 4.78 is 13.8. The van der Waals surface area contributed by atoms with E-state index in [1.807, 2.05) is 36.4 Å². The smallest absolute Gasteiger partial charge is 0.167 e. The SMILES string of the molecule is c1ccc(-c2cc(-c3ccccc3)cc(-c3nc(-c4cccc5c4oc4c(-c6ccccc6)cccc45)nc(-c4cccc5c4oc4c(-c6ccccc6)cccc45)n3)c2)cc1. The minimum absolute atomic E-state index is 0.500. The highest BCUT2D eigenvalue weighted by Crippen LogP contribution is 2.43. The van der Waals surface area contributed by atoms with E-state index >= 15 is 0 Å². The molecule has 0 spiro atoms. The van der Waals surface area contributed by atoms with Crippen molar-refractivity contribution in [2.24, 2.45) is 0 Å². The van der Waals surface area contributed by atoms with Gasteiger partial charge in [0.25, 0.3) is 0 Å². The molecule has 290 valence electrons. The predicted molar refractivity (Wildman–Crippen MR) is 252 cm³/mol. The number of hydrogen-bond donors (Lipinski definition) is 0. The monoisotopic (exact) mass is 793 g/mol. The molecule has 0 radical (unpaired) electrons. The summed E-state index contributed by atoms with van der Waals surface area (Å²) in [6.07, 6.45) is 0. The van der Waals surface area contributed by atoms with Crippen LogP contribution in [-0.4, -0.2) is 15.0 Å². The second-order valence-corrected chi connectivity index (χ2v) is 15.5. The van der Waals surface area contributed by atoms with Gasteiger partial charge in [0.15, 0.2) is 17.5 Å². The van der Waals surface area contributed by atoms with Crippen molar-refractivity contribution in [3.05, 3.63) is 212 Å². The minimum Gasteiger partial charge on any atom is -0.455 e. The van der Waals surface area contributed by atoms with Crippen LogP contribution in [0.4, 0.5) is 0 Å². The molecule has 0 saturated heterocycles. The standard InChI is InChI=1S/C57H35N3O2/c1-5-17-36(18-6-1)40-33-41(37-19-7-2-8-20-37)35-42(34-40)55-58-56(49-31-15-29-47-45-27-13-25-43(51(45)61-53(47)49)38-21-9-3-10-22-38)60-57(59-55)50-32-16-30-48-46-28-14-26-44(52(46)62-54(48)50)39-23-11-4-12-24-39/h1-35H. The van der Waals surface area contributed by atoms with Crippen LogP contribution in [0.5, 0.6) is 0 Å². The lowest BCUT2D eigenvalue weighted by atomic mass is 9.96. The Hall–Kier alpha value is -8.41. The Bertz CT molecular complexity index is 3380. The molecule has 12 rings (SSSR count). The molecule has 0 unspecified atom stereocenters.